The minimum absolute atomic E-state index is 0.0130. The van der Waals surface area contributed by atoms with Gasteiger partial charge in [0.15, 0.2) is 0 Å². The van der Waals surface area contributed by atoms with Crippen molar-refractivity contribution in [1.82, 2.24) is 0 Å². The first-order valence-electron chi connectivity index (χ1n) is 6.41. The van der Waals surface area contributed by atoms with Gasteiger partial charge in [0, 0.05) is 19.1 Å². The third-order valence-corrected chi connectivity index (χ3v) is 3.82. The molecule has 0 spiro atoms. The molecule has 1 aliphatic heterocycles. The lowest BCUT2D eigenvalue weighted by Crippen LogP contribution is -2.46. The molecule has 0 aromatic heterocycles. The molecule has 0 radical (unpaired) electrons. The Hall–Kier alpha value is -0.770. The second kappa shape index (κ2) is 5.08. The largest absolute Gasteiger partial charge is 0.388 e. The number of piperidine rings is 1. The molecular weight excluding hydrogens is 248 g/mol. The number of anilines is 1. The molecule has 4 heteroatoms. The zero-order valence-corrected chi connectivity index (χ0v) is 11.7. The van der Waals surface area contributed by atoms with Crippen LogP contribution in [0.25, 0.3) is 0 Å². The van der Waals surface area contributed by atoms with Crippen LogP contribution in [0.4, 0.5) is 5.69 Å². The first kappa shape index (κ1) is 13.7. The molecule has 2 rings (SSSR count). The summed E-state index contributed by atoms with van der Waals surface area (Å²) >= 11 is 6.32. The number of halogens is 1. The number of hydrogen-bond acceptors (Lipinski definition) is 3. The van der Waals surface area contributed by atoms with Crippen LogP contribution in [0.3, 0.4) is 0 Å². The molecule has 1 aromatic carbocycles. The molecule has 0 aliphatic carbocycles. The van der Waals surface area contributed by atoms with Crippen LogP contribution in [0, 0.1) is 0 Å². The second-order valence-electron chi connectivity index (χ2n) is 5.52. The standard InChI is InChI=1S/C14H21ClN2O/c1-10(16)11-4-5-13(12(15)8-11)17-7-3-6-14(2,18)9-17/h4-5,8,10,18H,3,6-7,9,16H2,1-2H3. The molecule has 0 bridgehead atoms. The van der Waals surface area contributed by atoms with Crippen LogP contribution >= 0.6 is 11.6 Å². The number of β-amino-alcohol motifs (C(OH)–C–C–N with tert-alkyl or cyclic N) is 1. The lowest BCUT2D eigenvalue weighted by molar-refractivity contribution is 0.0449. The molecule has 1 aromatic rings. The molecule has 1 saturated heterocycles. The number of benzene rings is 1. The minimum atomic E-state index is -0.624. The van der Waals surface area contributed by atoms with E-state index >= 15 is 0 Å². The Labute approximate surface area is 114 Å². The molecule has 0 amide bonds. The SMILES string of the molecule is CC(N)c1ccc(N2CCCC(C)(O)C2)c(Cl)c1. The van der Waals surface area contributed by atoms with Gasteiger partial charge in [0.2, 0.25) is 0 Å². The van der Waals surface area contributed by atoms with Crippen molar-refractivity contribution in [1.29, 1.82) is 0 Å². The molecule has 18 heavy (non-hydrogen) atoms. The van der Waals surface area contributed by atoms with Crippen LogP contribution < -0.4 is 10.6 Å². The van der Waals surface area contributed by atoms with Crippen molar-refractivity contribution in [3.63, 3.8) is 0 Å². The fourth-order valence-corrected chi connectivity index (χ4v) is 2.80. The third-order valence-electron chi connectivity index (χ3n) is 3.51. The van der Waals surface area contributed by atoms with Crippen LogP contribution in [0.15, 0.2) is 18.2 Å². The summed E-state index contributed by atoms with van der Waals surface area (Å²) in [5.74, 6) is 0. The van der Waals surface area contributed by atoms with Crippen molar-refractivity contribution in [2.24, 2.45) is 5.73 Å². The van der Waals surface area contributed by atoms with Crippen molar-refractivity contribution < 1.29 is 5.11 Å². The molecule has 1 fully saturated rings. The van der Waals surface area contributed by atoms with Crippen LogP contribution in [0.1, 0.15) is 38.3 Å². The Morgan fingerprint density at radius 2 is 2.22 bits per heavy atom. The Bertz CT molecular complexity index is 432. The number of nitrogens with two attached hydrogens (primary N) is 1. The van der Waals surface area contributed by atoms with E-state index in [4.69, 9.17) is 17.3 Å². The summed E-state index contributed by atoms with van der Waals surface area (Å²) in [6.07, 6.45) is 1.83. The first-order valence-corrected chi connectivity index (χ1v) is 6.79. The molecule has 1 aliphatic rings. The van der Waals surface area contributed by atoms with Crippen LogP contribution in [-0.2, 0) is 0 Å². The maximum atomic E-state index is 10.1. The zero-order chi connectivity index (χ0) is 13.3. The van der Waals surface area contributed by atoms with E-state index in [-0.39, 0.29) is 6.04 Å². The predicted octanol–water partition coefficient (Wildman–Crippen LogP) is 2.71. The molecule has 3 nitrogen and oxygen atoms in total. The van der Waals surface area contributed by atoms with Gasteiger partial charge < -0.3 is 15.7 Å². The fraction of sp³-hybridized carbons (Fsp3) is 0.571. The topological polar surface area (TPSA) is 49.5 Å². The maximum absolute atomic E-state index is 10.1. The van der Waals surface area contributed by atoms with Crippen molar-refractivity contribution in [3.8, 4) is 0 Å². The lowest BCUT2D eigenvalue weighted by Gasteiger charge is -2.38. The Kier molecular flexibility index (Phi) is 3.85. The maximum Gasteiger partial charge on any atom is 0.0794 e. The number of rotatable bonds is 2. The monoisotopic (exact) mass is 268 g/mol. The van der Waals surface area contributed by atoms with Gasteiger partial charge >= 0.3 is 0 Å². The van der Waals surface area contributed by atoms with Crippen molar-refractivity contribution in [2.75, 3.05) is 18.0 Å². The Morgan fingerprint density at radius 1 is 1.50 bits per heavy atom. The van der Waals surface area contributed by atoms with E-state index in [2.05, 4.69) is 4.90 Å². The van der Waals surface area contributed by atoms with Gasteiger partial charge in [0.25, 0.3) is 0 Å². The van der Waals surface area contributed by atoms with E-state index in [0.29, 0.717) is 11.6 Å². The summed E-state index contributed by atoms with van der Waals surface area (Å²) < 4.78 is 0. The molecule has 0 saturated carbocycles. The summed E-state index contributed by atoms with van der Waals surface area (Å²) in [6.45, 7) is 5.39. The van der Waals surface area contributed by atoms with E-state index in [1.165, 1.54) is 0 Å². The average Bonchev–Trinajstić information content (AvgIpc) is 2.27. The first-order chi connectivity index (χ1) is 8.39. The van der Waals surface area contributed by atoms with Crippen LogP contribution in [0.2, 0.25) is 5.02 Å². The summed E-state index contributed by atoms with van der Waals surface area (Å²) in [6, 6.07) is 5.92. The molecule has 1 heterocycles. The quantitative estimate of drug-likeness (QED) is 0.867. The fourth-order valence-electron chi connectivity index (χ4n) is 2.49. The highest BCUT2D eigenvalue weighted by molar-refractivity contribution is 6.33. The molecule has 2 atom stereocenters. The van der Waals surface area contributed by atoms with Gasteiger partial charge in [-0.25, -0.2) is 0 Å². The van der Waals surface area contributed by atoms with Crippen LogP contribution in [0.5, 0.6) is 0 Å². The summed E-state index contributed by atoms with van der Waals surface area (Å²) in [5, 5.41) is 10.8. The van der Waals surface area contributed by atoms with E-state index in [0.717, 1.165) is 30.6 Å². The highest BCUT2D eigenvalue weighted by Crippen LogP contribution is 2.32. The Balaban J connectivity index is 2.23. The number of nitrogens with zero attached hydrogens (tertiary/aromatic N) is 1. The van der Waals surface area contributed by atoms with E-state index in [9.17, 15) is 5.11 Å². The van der Waals surface area contributed by atoms with E-state index in [1.807, 2.05) is 32.0 Å². The van der Waals surface area contributed by atoms with Crippen molar-refractivity contribution in [2.45, 2.75) is 38.3 Å². The van der Waals surface area contributed by atoms with Crippen LogP contribution in [-0.4, -0.2) is 23.8 Å². The highest BCUT2D eigenvalue weighted by atomic mass is 35.5. The summed E-state index contributed by atoms with van der Waals surface area (Å²) in [5.41, 5.74) is 7.24. The van der Waals surface area contributed by atoms with Gasteiger partial charge in [-0.3, -0.25) is 0 Å². The molecule has 100 valence electrons. The molecule has 3 N–H and O–H groups in total. The lowest BCUT2D eigenvalue weighted by atomic mass is 9.94. The number of hydrogen-bond donors (Lipinski definition) is 2. The van der Waals surface area contributed by atoms with Gasteiger partial charge in [-0.1, -0.05) is 17.7 Å². The Morgan fingerprint density at radius 3 is 2.78 bits per heavy atom. The van der Waals surface area contributed by atoms with Gasteiger partial charge in [-0.2, -0.15) is 0 Å². The van der Waals surface area contributed by atoms with E-state index < -0.39 is 5.60 Å². The van der Waals surface area contributed by atoms with Gasteiger partial charge in [-0.15, -0.1) is 0 Å². The second-order valence-corrected chi connectivity index (χ2v) is 5.93. The van der Waals surface area contributed by atoms with Gasteiger partial charge in [0.1, 0.15) is 0 Å². The molecule has 2 unspecified atom stereocenters. The van der Waals surface area contributed by atoms with E-state index in [1.54, 1.807) is 0 Å². The minimum Gasteiger partial charge on any atom is -0.388 e. The van der Waals surface area contributed by atoms with Gasteiger partial charge in [-0.05, 0) is 44.4 Å². The van der Waals surface area contributed by atoms with Crippen molar-refractivity contribution >= 4 is 17.3 Å². The average molecular weight is 269 g/mol. The normalized spacial score (nSPS) is 26.2. The van der Waals surface area contributed by atoms with Gasteiger partial charge in [0.05, 0.1) is 16.3 Å². The molecular formula is C14H21ClN2O. The third kappa shape index (κ3) is 2.97. The predicted molar refractivity (Wildman–Crippen MR) is 76.1 cm³/mol. The highest BCUT2D eigenvalue weighted by Gasteiger charge is 2.29. The zero-order valence-electron chi connectivity index (χ0n) is 11.0. The van der Waals surface area contributed by atoms with Crippen molar-refractivity contribution in [3.05, 3.63) is 28.8 Å². The smallest absolute Gasteiger partial charge is 0.0794 e. The summed E-state index contributed by atoms with van der Waals surface area (Å²) in [7, 11) is 0. The number of aliphatic hydroxyl groups is 1. The summed E-state index contributed by atoms with van der Waals surface area (Å²) in [4.78, 5) is 2.15.